The van der Waals surface area contributed by atoms with Crippen molar-refractivity contribution >= 4 is 16.8 Å². The van der Waals surface area contributed by atoms with Crippen LogP contribution in [0, 0.1) is 6.92 Å². The van der Waals surface area contributed by atoms with E-state index in [0.29, 0.717) is 22.5 Å². The van der Waals surface area contributed by atoms with Crippen LogP contribution in [0.1, 0.15) is 15.9 Å². The standard InChI is InChI=1S/C25H20O5/c1-16-23(29-15-22(26)18-6-4-3-5-7-18)13-12-20-21(14-24(27)30-25(16)20)17-8-10-19(28-2)11-9-17/h3-14H,15H2,1-2H3. The van der Waals surface area contributed by atoms with Crippen LogP contribution in [0.2, 0.25) is 0 Å². The highest BCUT2D eigenvalue weighted by Crippen LogP contribution is 2.33. The Kier molecular flexibility index (Phi) is 5.35. The van der Waals surface area contributed by atoms with Crippen molar-refractivity contribution in [3.63, 3.8) is 0 Å². The smallest absolute Gasteiger partial charge is 0.336 e. The second-order valence-electron chi connectivity index (χ2n) is 6.85. The van der Waals surface area contributed by atoms with Crippen molar-refractivity contribution in [2.75, 3.05) is 13.7 Å². The fourth-order valence-electron chi connectivity index (χ4n) is 3.36. The Balaban J connectivity index is 1.68. The van der Waals surface area contributed by atoms with Gasteiger partial charge in [-0.05, 0) is 42.3 Å². The van der Waals surface area contributed by atoms with E-state index in [1.165, 1.54) is 6.07 Å². The van der Waals surface area contributed by atoms with Gasteiger partial charge in [0, 0.05) is 22.6 Å². The molecule has 0 unspecified atom stereocenters. The number of methoxy groups -OCH3 is 1. The van der Waals surface area contributed by atoms with Gasteiger partial charge in [-0.2, -0.15) is 0 Å². The Morgan fingerprint density at radius 1 is 0.967 bits per heavy atom. The zero-order valence-electron chi connectivity index (χ0n) is 16.7. The molecule has 0 radical (unpaired) electrons. The fourth-order valence-corrected chi connectivity index (χ4v) is 3.36. The number of ketones is 1. The lowest BCUT2D eigenvalue weighted by molar-refractivity contribution is 0.0921. The molecule has 0 aliphatic heterocycles. The summed E-state index contributed by atoms with van der Waals surface area (Å²) in [4.78, 5) is 24.6. The summed E-state index contributed by atoms with van der Waals surface area (Å²) in [6, 6.07) is 21.6. The summed E-state index contributed by atoms with van der Waals surface area (Å²) in [5.41, 5.74) is 2.89. The van der Waals surface area contributed by atoms with Gasteiger partial charge in [0.25, 0.3) is 0 Å². The number of carbonyl (C=O) groups is 1. The topological polar surface area (TPSA) is 65.7 Å². The first-order chi connectivity index (χ1) is 14.6. The van der Waals surface area contributed by atoms with Crippen molar-refractivity contribution in [2.45, 2.75) is 6.92 Å². The van der Waals surface area contributed by atoms with Gasteiger partial charge in [-0.25, -0.2) is 4.79 Å². The summed E-state index contributed by atoms with van der Waals surface area (Å²) in [7, 11) is 1.61. The molecule has 30 heavy (non-hydrogen) atoms. The molecule has 5 nitrogen and oxygen atoms in total. The van der Waals surface area contributed by atoms with Crippen LogP contribution in [-0.2, 0) is 0 Å². The van der Waals surface area contributed by atoms with E-state index in [4.69, 9.17) is 13.9 Å². The van der Waals surface area contributed by atoms with Gasteiger partial charge in [0.1, 0.15) is 17.1 Å². The number of rotatable bonds is 6. The largest absolute Gasteiger partial charge is 0.497 e. The lowest BCUT2D eigenvalue weighted by Crippen LogP contribution is -2.12. The molecule has 0 amide bonds. The minimum absolute atomic E-state index is 0.0984. The highest BCUT2D eigenvalue weighted by molar-refractivity contribution is 5.98. The Morgan fingerprint density at radius 3 is 2.40 bits per heavy atom. The van der Waals surface area contributed by atoms with Gasteiger partial charge in [-0.1, -0.05) is 42.5 Å². The van der Waals surface area contributed by atoms with Gasteiger partial charge in [-0.15, -0.1) is 0 Å². The number of carbonyl (C=O) groups excluding carboxylic acids is 1. The maximum atomic E-state index is 12.3. The van der Waals surface area contributed by atoms with Crippen molar-refractivity contribution in [3.05, 3.63) is 94.3 Å². The van der Waals surface area contributed by atoms with Crippen molar-refractivity contribution < 1.29 is 18.7 Å². The van der Waals surface area contributed by atoms with Gasteiger partial charge in [0.15, 0.2) is 12.4 Å². The molecule has 0 aliphatic rings. The summed E-state index contributed by atoms with van der Waals surface area (Å²) in [6.07, 6.45) is 0. The van der Waals surface area contributed by atoms with Gasteiger partial charge in [0.2, 0.25) is 0 Å². The number of fused-ring (bicyclic) bond motifs is 1. The molecule has 1 heterocycles. The fraction of sp³-hybridized carbons (Fsp3) is 0.120. The molecule has 0 saturated carbocycles. The summed E-state index contributed by atoms with van der Waals surface area (Å²) >= 11 is 0. The maximum absolute atomic E-state index is 12.3. The monoisotopic (exact) mass is 400 g/mol. The molecule has 150 valence electrons. The third kappa shape index (κ3) is 3.82. The van der Waals surface area contributed by atoms with Gasteiger partial charge >= 0.3 is 5.63 Å². The molecule has 0 saturated heterocycles. The van der Waals surface area contributed by atoms with Crippen molar-refractivity contribution in [1.29, 1.82) is 0 Å². The average molecular weight is 400 g/mol. The molecule has 0 N–H and O–H groups in total. The molecule has 1 aromatic heterocycles. The molecule has 4 rings (SSSR count). The van der Waals surface area contributed by atoms with Crippen LogP contribution in [0.3, 0.4) is 0 Å². The Morgan fingerprint density at radius 2 is 1.70 bits per heavy atom. The van der Waals surface area contributed by atoms with E-state index in [0.717, 1.165) is 22.3 Å². The van der Waals surface area contributed by atoms with Crippen LogP contribution in [0.25, 0.3) is 22.1 Å². The molecule has 0 aliphatic carbocycles. The van der Waals surface area contributed by atoms with Crippen molar-refractivity contribution in [3.8, 4) is 22.6 Å². The first-order valence-electron chi connectivity index (χ1n) is 9.50. The normalized spacial score (nSPS) is 10.7. The van der Waals surface area contributed by atoms with E-state index in [1.807, 2.05) is 55.5 Å². The number of hydrogen-bond acceptors (Lipinski definition) is 5. The molecule has 0 bridgehead atoms. The van der Waals surface area contributed by atoms with Crippen LogP contribution in [-0.4, -0.2) is 19.5 Å². The lowest BCUT2D eigenvalue weighted by atomic mass is 10.00. The minimum atomic E-state index is -0.450. The Hall–Kier alpha value is -3.86. The second-order valence-corrected chi connectivity index (χ2v) is 6.85. The first kappa shape index (κ1) is 19.5. The second kappa shape index (κ2) is 8.25. The number of benzene rings is 3. The predicted molar refractivity (Wildman–Crippen MR) is 115 cm³/mol. The zero-order valence-corrected chi connectivity index (χ0v) is 16.7. The van der Waals surface area contributed by atoms with Crippen molar-refractivity contribution in [1.82, 2.24) is 0 Å². The van der Waals surface area contributed by atoms with Crippen molar-refractivity contribution in [2.24, 2.45) is 0 Å². The Bertz CT molecular complexity index is 1250. The van der Waals surface area contributed by atoms with Crippen LogP contribution in [0.4, 0.5) is 0 Å². The van der Waals surface area contributed by atoms with E-state index in [1.54, 1.807) is 25.3 Å². The highest BCUT2D eigenvalue weighted by Gasteiger charge is 2.14. The van der Waals surface area contributed by atoms with Crippen LogP contribution in [0.5, 0.6) is 11.5 Å². The Labute approximate surface area is 173 Å². The van der Waals surface area contributed by atoms with E-state index >= 15 is 0 Å². The summed E-state index contributed by atoms with van der Waals surface area (Å²) in [5.74, 6) is 1.12. The van der Waals surface area contributed by atoms with E-state index in [-0.39, 0.29) is 12.4 Å². The molecular weight excluding hydrogens is 380 g/mol. The number of ether oxygens (including phenoxy) is 2. The quantitative estimate of drug-likeness (QED) is 0.335. The molecular formula is C25H20O5. The summed E-state index contributed by atoms with van der Waals surface area (Å²) < 4.78 is 16.4. The number of hydrogen-bond donors (Lipinski definition) is 0. The molecule has 0 atom stereocenters. The molecule has 0 fully saturated rings. The van der Waals surface area contributed by atoms with Crippen LogP contribution in [0.15, 0.2) is 82.0 Å². The van der Waals surface area contributed by atoms with E-state index < -0.39 is 5.63 Å². The number of aryl methyl sites for hydroxylation is 1. The average Bonchev–Trinajstić information content (AvgIpc) is 2.79. The highest BCUT2D eigenvalue weighted by atomic mass is 16.5. The SMILES string of the molecule is COc1ccc(-c2cc(=O)oc3c(C)c(OCC(=O)c4ccccc4)ccc23)cc1. The van der Waals surface area contributed by atoms with E-state index in [2.05, 4.69) is 0 Å². The van der Waals surface area contributed by atoms with Crippen LogP contribution >= 0.6 is 0 Å². The molecule has 3 aromatic carbocycles. The molecule has 0 spiro atoms. The third-order valence-corrected chi connectivity index (χ3v) is 4.97. The van der Waals surface area contributed by atoms with Gasteiger partial charge < -0.3 is 13.9 Å². The van der Waals surface area contributed by atoms with Crippen LogP contribution < -0.4 is 15.1 Å². The van der Waals surface area contributed by atoms with E-state index in [9.17, 15) is 9.59 Å². The zero-order chi connectivity index (χ0) is 21.1. The first-order valence-corrected chi connectivity index (χ1v) is 9.50. The number of Topliss-reactive ketones (excluding diaryl/α,β-unsaturated/α-hetero) is 1. The van der Waals surface area contributed by atoms with Gasteiger partial charge in [0.05, 0.1) is 7.11 Å². The molecule has 5 heteroatoms. The predicted octanol–water partition coefficient (Wildman–Crippen LogP) is 5.04. The lowest BCUT2D eigenvalue weighted by Gasteiger charge is -2.12. The third-order valence-electron chi connectivity index (χ3n) is 4.97. The van der Waals surface area contributed by atoms with Gasteiger partial charge in [-0.3, -0.25) is 4.79 Å². The summed E-state index contributed by atoms with van der Waals surface area (Å²) in [6.45, 7) is 1.71. The summed E-state index contributed by atoms with van der Waals surface area (Å²) in [5, 5.41) is 0.791. The molecule has 4 aromatic rings. The minimum Gasteiger partial charge on any atom is -0.497 e. The maximum Gasteiger partial charge on any atom is 0.336 e.